The van der Waals surface area contributed by atoms with Gasteiger partial charge in [0, 0.05) is 36.1 Å². The van der Waals surface area contributed by atoms with E-state index in [2.05, 4.69) is 17.2 Å². The van der Waals surface area contributed by atoms with E-state index in [-0.39, 0.29) is 33.4 Å². The lowest BCUT2D eigenvalue weighted by Crippen LogP contribution is -2.55. The van der Waals surface area contributed by atoms with Crippen LogP contribution in [0.15, 0.2) is 34.0 Å². The molecular weight excluding hydrogens is 466 g/mol. The Morgan fingerprint density at radius 2 is 1.71 bits per heavy atom. The van der Waals surface area contributed by atoms with Crippen LogP contribution in [0.3, 0.4) is 0 Å². The van der Waals surface area contributed by atoms with Crippen LogP contribution in [0.2, 0.25) is 0 Å². The van der Waals surface area contributed by atoms with Crippen molar-refractivity contribution in [2.45, 2.75) is 56.4 Å². The summed E-state index contributed by atoms with van der Waals surface area (Å²) in [6, 6.07) is 5.86. The van der Waals surface area contributed by atoms with Crippen LogP contribution in [0.1, 0.15) is 55.8 Å². The molecule has 2 N–H and O–H groups in total. The summed E-state index contributed by atoms with van der Waals surface area (Å²) >= 11 is 0. The molecule has 4 bridgehead atoms. The predicted octanol–water partition coefficient (Wildman–Crippen LogP) is 2.88. The highest BCUT2D eigenvalue weighted by Gasteiger charge is 2.53. The molecule has 8 nitrogen and oxygen atoms in total. The molecule has 4 saturated carbocycles. The second-order valence-electron chi connectivity index (χ2n) is 11.2. The second kappa shape index (κ2) is 8.42. The third kappa shape index (κ3) is 4.01. The fourth-order valence-corrected chi connectivity index (χ4v) is 9.09. The van der Waals surface area contributed by atoms with Crippen LogP contribution in [-0.4, -0.2) is 56.0 Å². The summed E-state index contributed by atoms with van der Waals surface area (Å²) in [5.41, 5.74) is 0.422. The summed E-state index contributed by atoms with van der Waals surface area (Å²) in [5, 5.41) is 3.67. The van der Waals surface area contributed by atoms with Crippen LogP contribution < -0.4 is 10.9 Å². The number of pyridine rings is 1. The number of aromatic nitrogens is 1. The van der Waals surface area contributed by atoms with Gasteiger partial charge in [-0.25, -0.2) is 8.42 Å². The lowest BCUT2D eigenvalue weighted by molar-refractivity contribution is -0.0687. The van der Waals surface area contributed by atoms with Crippen molar-refractivity contribution in [1.82, 2.24) is 14.6 Å². The van der Waals surface area contributed by atoms with E-state index in [0.29, 0.717) is 37.2 Å². The van der Waals surface area contributed by atoms with Gasteiger partial charge in [0.15, 0.2) is 0 Å². The summed E-state index contributed by atoms with van der Waals surface area (Å²) < 4.78 is 33.1. The van der Waals surface area contributed by atoms with Crippen LogP contribution >= 0.6 is 0 Å². The zero-order valence-corrected chi connectivity index (χ0v) is 20.9. The predicted molar refractivity (Wildman–Crippen MR) is 132 cm³/mol. The van der Waals surface area contributed by atoms with Crippen molar-refractivity contribution >= 4 is 26.8 Å². The molecule has 2 heterocycles. The van der Waals surface area contributed by atoms with Crippen molar-refractivity contribution in [3.63, 3.8) is 0 Å². The Kier molecular flexibility index (Phi) is 5.58. The molecular formula is C26H33N3O5S. The van der Waals surface area contributed by atoms with Gasteiger partial charge in [-0.1, -0.05) is 0 Å². The first kappa shape index (κ1) is 23.2. The van der Waals surface area contributed by atoms with Crippen LogP contribution in [0.25, 0.3) is 10.9 Å². The van der Waals surface area contributed by atoms with E-state index in [1.807, 2.05) is 0 Å². The van der Waals surface area contributed by atoms with Crippen molar-refractivity contribution in [1.29, 1.82) is 0 Å². The average Bonchev–Trinajstić information content (AvgIpc) is 2.82. The number of hydrogen-bond donors (Lipinski definition) is 2. The number of H-pyrrole nitrogens is 1. The largest absolute Gasteiger partial charge is 0.379 e. The first-order valence-electron chi connectivity index (χ1n) is 12.8. The highest BCUT2D eigenvalue weighted by atomic mass is 32.2. The molecule has 2 aromatic rings. The normalized spacial score (nSPS) is 31.5. The van der Waals surface area contributed by atoms with Crippen LogP contribution in [-0.2, 0) is 14.8 Å². The first-order chi connectivity index (χ1) is 16.7. The number of carbonyl (C=O) groups excluding carboxylic acids is 1. The summed E-state index contributed by atoms with van der Waals surface area (Å²) in [6.07, 6.45) is 7.49. The highest BCUT2D eigenvalue weighted by molar-refractivity contribution is 7.89. The van der Waals surface area contributed by atoms with Crippen molar-refractivity contribution in [2.75, 3.05) is 26.3 Å². The van der Waals surface area contributed by atoms with Gasteiger partial charge < -0.3 is 15.0 Å². The molecule has 188 valence electrons. The molecule has 9 heteroatoms. The topological polar surface area (TPSA) is 109 Å². The number of morpholine rings is 1. The number of nitrogens with one attached hydrogen (secondary N) is 2. The number of carbonyl (C=O) groups is 1. The molecule has 4 aliphatic carbocycles. The van der Waals surface area contributed by atoms with Crippen LogP contribution in [0, 0.1) is 23.2 Å². The number of rotatable bonds is 5. The van der Waals surface area contributed by atoms with Crippen molar-refractivity contribution < 1.29 is 17.9 Å². The van der Waals surface area contributed by atoms with Crippen molar-refractivity contribution in [2.24, 2.45) is 23.2 Å². The maximum atomic E-state index is 13.5. The zero-order chi connectivity index (χ0) is 24.4. The van der Waals surface area contributed by atoms with Crippen LogP contribution in [0.5, 0.6) is 0 Å². The number of sulfonamides is 1. The molecule has 1 atom stereocenters. The SMILES string of the molecule is CC(NC(=O)c1cc(=O)[nH]c2ccc(S(=O)(=O)N3CCOCC3)cc12)C12CC3CC(CC(C3)C1)C2. The average molecular weight is 500 g/mol. The number of fused-ring (bicyclic) bond motifs is 1. The molecule has 1 aromatic carbocycles. The lowest BCUT2D eigenvalue weighted by Gasteiger charge is -2.59. The minimum absolute atomic E-state index is 0.00185. The van der Waals surface area contributed by atoms with Gasteiger partial charge in [-0.05, 0) is 86.8 Å². The van der Waals surface area contributed by atoms with Gasteiger partial charge in [-0.3, -0.25) is 9.59 Å². The Morgan fingerprint density at radius 3 is 2.34 bits per heavy atom. The quantitative estimate of drug-likeness (QED) is 0.658. The molecule has 5 aliphatic rings. The van der Waals surface area contributed by atoms with E-state index < -0.39 is 10.0 Å². The molecule has 0 radical (unpaired) electrons. The van der Waals surface area contributed by atoms with Crippen LogP contribution in [0.4, 0.5) is 0 Å². The van der Waals surface area contributed by atoms with Gasteiger partial charge in [-0.15, -0.1) is 0 Å². The van der Waals surface area contributed by atoms with E-state index in [9.17, 15) is 18.0 Å². The van der Waals surface area contributed by atoms with Gasteiger partial charge >= 0.3 is 0 Å². The first-order valence-corrected chi connectivity index (χ1v) is 14.2. The molecule has 1 saturated heterocycles. The Morgan fingerprint density at radius 1 is 1.09 bits per heavy atom. The lowest BCUT2D eigenvalue weighted by atomic mass is 9.48. The summed E-state index contributed by atoms with van der Waals surface area (Å²) in [4.78, 5) is 28.8. The second-order valence-corrected chi connectivity index (χ2v) is 13.2. The van der Waals surface area contributed by atoms with Gasteiger partial charge in [-0.2, -0.15) is 4.31 Å². The van der Waals surface area contributed by atoms with Gasteiger partial charge in [0.05, 0.1) is 23.7 Å². The minimum atomic E-state index is -3.73. The number of nitrogens with zero attached hydrogens (tertiary/aromatic N) is 1. The monoisotopic (exact) mass is 499 g/mol. The summed E-state index contributed by atoms with van der Waals surface area (Å²) in [6.45, 7) is 3.41. The van der Waals surface area contributed by atoms with Gasteiger partial charge in [0.2, 0.25) is 15.6 Å². The molecule has 7 rings (SSSR count). The zero-order valence-electron chi connectivity index (χ0n) is 20.1. The third-order valence-corrected chi connectivity index (χ3v) is 10.9. The smallest absolute Gasteiger partial charge is 0.252 e. The Bertz CT molecular complexity index is 1290. The van der Waals surface area contributed by atoms with E-state index in [4.69, 9.17) is 4.74 Å². The maximum absolute atomic E-state index is 13.5. The fraction of sp³-hybridized carbons (Fsp3) is 0.615. The molecule has 1 aromatic heterocycles. The summed E-state index contributed by atoms with van der Waals surface area (Å²) in [5.74, 6) is 2.00. The number of aromatic amines is 1. The number of ether oxygens (including phenoxy) is 1. The summed E-state index contributed by atoms with van der Waals surface area (Å²) in [7, 11) is -3.73. The van der Waals surface area contributed by atoms with E-state index in [0.717, 1.165) is 17.8 Å². The molecule has 35 heavy (non-hydrogen) atoms. The molecule has 5 fully saturated rings. The fourth-order valence-electron chi connectivity index (χ4n) is 7.65. The standard InChI is InChI=1S/C26H33N3O5S/c1-16(26-13-17-8-18(14-26)10-19(9-17)15-26)27-25(31)22-12-24(30)28-23-3-2-20(11-21(22)23)35(32,33)29-4-6-34-7-5-29/h2-3,11-12,16-19H,4-10,13-15H2,1H3,(H,27,31)(H,28,30). The molecule has 0 spiro atoms. The highest BCUT2D eigenvalue weighted by Crippen LogP contribution is 2.61. The number of amides is 1. The number of benzene rings is 1. The molecule has 1 amide bonds. The maximum Gasteiger partial charge on any atom is 0.252 e. The van der Waals surface area contributed by atoms with Crippen molar-refractivity contribution in [3.05, 3.63) is 40.2 Å². The van der Waals surface area contributed by atoms with E-state index in [1.165, 1.54) is 61.0 Å². The third-order valence-electron chi connectivity index (χ3n) is 9.02. The van der Waals surface area contributed by atoms with Gasteiger partial charge in [0.25, 0.3) is 5.91 Å². The van der Waals surface area contributed by atoms with Gasteiger partial charge in [0.1, 0.15) is 0 Å². The number of hydrogen-bond acceptors (Lipinski definition) is 5. The molecule has 1 unspecified atom stereocenters. The Hall–Kier alpha value is -2.23. The Balaban J connectivity index is 1.31. The molecule has 1 aliphatic heterocycles. The van der Waals surface area contributed by atoms with E-state index in [1.54, 1.807) is 6.07 Å². The minimum Gasteiger partial charge on any atom is -0.379 e. The Labute approximate surface area is 205 Å². The van der Waals surface area contributed by atoms with E-state index >= 15 is 0 Å². The van der Waals surface area contributed by atoms with Crippen molar-refractivity contribution in [3.8, 4) is 0 Å².